The molecule has 2 aliphatic rings. The molecule has 4 nitrogen and oxygen atoms in total. The van der Waals surface area contributed by atoms with E-state index in [1.165, 1.54) is 12.8 Å². The Labute approximate surface area is 163 Å². The normalized spacial score (nSPS) is 24.3. The lowest BCUT2D eigenvalue weighted by Gasteiger charge is -2.28. The van der Waals surface area contributed by atoms with Crippen LogP contribution in [-0.2, 0) is 14.3 Å². The van der Waals surface area contributed by atoms with E-state index in [4.69, 9.17) is 39.5 Å². The average Bonchev–Trinajstić information content (AvgIpc) is 2.87. The zero-order valence-corrected chi connectivity index (χ0v) is 16.4. The van der Waals surface area contributed by atoms with Gasteiger partial charge in [0.25, 0.3) is 0 Å². The second kappa shape index (κ2) is 10.4. The summed E-state index contributed by atoms with van der Waals surface area (Å²) in [6, 6.07) is 0.213. The number of carbonyl (C=O) groups excluding carboxylic acids is 2. The van der Waals surface area contributed by atoms with E-state index in [2.05, 4.69) is 5.32 Å². The van der Waals surface area contributed by atoms with Gasteiger partial charge >= 0.3 is 5.97 Å². The van der Waals surface area contributed by atoms with E-state index < -0.39 is 17.8 Å². The molecule has 0 radical (unpaired) electrons. The smallest absolute Gasteiger partial charge is 0.310 e. The highest BCUT2D eigenvalue weighted by atomic mass is 35.5. The van der Waals surface area contributed by atoms with Crippen molar-refractivity contribution in [3.05, 3.63) is 21.7 Å². The zero-order chi connectivity index (χ0) is 18.2. The van der Waals surface area contributed by atoms with Gasteiger partial charge in [0, 0.05) is 6.04 Å². The van der Waals surface area contributed by atoms with Gasteiger partial charge < -0.3 is 10.1 Å². The highest BCUT2D eigenvalue weighted by molar-refractivity contribution is 6.59. The molecule has 0 unspecified atom stereocenters. The monoisotopic (exact) mass is 407 g/mol. The summed E-state index contributed by atoms with van der Waals surface area (Å²) >= 11 is 16.9. The number of carbonyl (C=O) groups is 2. The Morgan fingerprint density at radius 1 is 0.960 bits per heavy atom. The molecule has 0 bridgehead atoms. The minimum Gasteiger partial charge on any atom is -0.460 e. The molecule has 0 aliphatic heterocycles. The molecule has 2 atom stereocenters. The topological polar surface area (TPSA) is 55.4 Å². The van der Waals surface area contributed by atoms with Crippen molar-refractivity contribution in [1.29, 1.82) is 0 Å². The minimum atomic E-state index is -0.505. The molecule has 1 fully saturated rings. The van der Waals surface area contributed by atoms with Crippen molar-refractivity contribution < 1.29 is 14.3 Å². The summed E-state index contributed by atoms with van der Waals surface area (Å²) < 4.78 is 5.06. The van der Waals surface area contributed by atoms with E-state index in [1.807, 2.05) is 12.2 Å². The summed E-state index contributed by atoms with van der Waals surface area (Å²) in [5.41, 5.74) is 0. The van der Waals surface area contributed by atoms with E-state index in [0.29, 0.717) is 12.8 Å². The first-order valence-corrected chi connectivity index (χ1v) is 9.94. The summed E-state index contributed by atoms with van der Waals surface area (Å²) in [7, 11) is 0. The predicted octanol–water partition coefficient (Wildman–Crippen LogP) is 4.84. The second-order valence-corrected chi connectivity index (χ2v) is 8.03. The number of amides is 1. The highest BCUT2D eigenvalue weighted by Crippen LogP contribution is 2.29. The van der Waals surface area contributed by atoms with Crippen molar-refractivity contribution in [2.24, 2.45) is 11.8 Å². The SMILES string of the molecule is O=C(NC1CCCCCC1)[C@@H]1CC=CC[C@H]1C(=O)OCC(Cl)=C(Cl)Cl. The fraction of sp³-hybridized carbons (Fsp3) is 0.667. The first-order valence-electron chi connectivity index (χ1n) is 8.80. The third kappa shape index (κ3) is 6.50. The molecule has 25 heavy (non-hydrogen) atoms. The minimum absolute atomic E-state index is 0.0600. The van der Waals surface area contributed by atoms with Crippen LogP contribution in [0, 0.1) is 11.8 Å². The van der Waals surface area contributed by atoms with Gasteiger partial charge in [-0.2, -0.15) is 0 Å². The van der Waals surface area contributed by atoms with Gasteiger partial charge in [0.05, 0.1) is 16.9 Å². The van der Waals surface area contributed by atoms with Gasteiger partial charge in [-0.1, -0.05) is 72.6 Å². The number of rotatable bonds is 5. The van der Waals surface area contributed by atoms with E-state index in [1.54, 1.807) is 0 Å². The van der Waals surface area contributed by atoms with Gasteiger partial charge in [0.2, 0.25) is 5.91 Å². The van der Waals surface area contributed by atoms with Crippen LogP contribution in [0.25, 0.3) is 0 Å². The fourth-order valence-corrected chi connectivity index (χ4v) is 3.56. The molecule has 0 aromatic carbocycles. The molecule has 0 aromatic heterocycles. The van der Waals surface area contributed by atoms with Crippen LogP contribution >= 0.6 is 34.8 Å². The van der Waals surface area contributed by atoms with E-state index >= 15 is 0 Å². The third-order valence-corrected chi connectivity index (χ3v) is 5.77. The van der Waals surface area contributed by atoms with Gasteiger partial charge in [0.1, 0.15) is 11.1 Å². The standard InChI is InChI=1S/C18H24Cl3NO3/c19-15(16(20)21)11-25-18(24)14-10-6-5-9-13(14)17(23)22-12-7-3-1-2-4-8-12/h5-6,12-14H,1-4,7-11H2,(H,22,23)/t13-,14-/m1/s1. The van der Waals surface area contributed by atoms with Crippen LogP contribution < -0.4 is 5.32 Å². The molecule has 7 heteroatoms. The summed E-state index contributed by atoms with van der Waals surface area (Å²) in [4.78, 5) is 25.1. The number of ether oxygens (including phenoxy) is 1. The van der Waals surface area contributed by atoms with Gasteiger partial charge in [-0.3, -0.25) is 9.59 Å². The van der Waals surface area contributed by atoms with E-state index in [0.717, 1.165) is 25.7 Å². The molecule has 2 rings (SSSR count). The maximum atomic E-state index is 12.7. The molecule has 1 N–H and O–H groups in total. The molecular formula is C18H24Cl3NO3. The van der Waals surface area contributed by atoms with Crippen LogP contribution in [0.5, 0.6) is 0 Å². The van der Waals surface area contributed by atoms with Crippen LogP contribution in [-0.4, -0.2) is 24.5 Å². The largest absolute Gasteiger partial charge is 0.460 e. The van der Waals surface area contributed by atoms with E-state index in [-0.39, 0.29) is 28.1 Å². The lowest BCUT2D eigenvalue weighted by Crippen LogP contribution is -2.43. The Bertz CT molecular complexity index is 536. The van der Waals surface area contributed by atoms with Gasteiger partial charge in [-0.25, -0.2) is 0 Å². The van der Waals surface area contributed by atoms with Crippen LogP contribution in [0.15, 0.2) is 21.7 Å². The Morgan fingerprint density at radius 3 is 2.16 bits per heavy atom. The van der Waals surface area contributed by atoms with Crippen molar-refractivity contribution >= 4 is 46.7 Å². The first kappa shape index (κ1) is 20.6. The van der Waals surface area contributed by atoms with Crippen molar-refractivity contribution in [3.8, 4) is 0 Å². The number of halogens is 3. The maximum Gasteiger partial charge on any atom is 0.310 e. The third-order valence-electron chi connectivity index (χ3n) is 4.82. The molecule has 0 spiro atoms. The van der Waals surface area contributed by atoms with Gasteiger partial charge in [-0.15, -0.1) is 0 Å². The van der Waals surface area contributed by atoms with E-state index in [9.17, 15) is 9.59 Å². The summed E-state index contributed by atoms with van der Waals surface area (Å²) in [5.74, 6) is -1.42. The van der Waals surface area contributed by atoms with Gasteiger partial charge in [-0.05, 0) is 25.7 Å². The van der Waals surface area contributed by atoms with Crippen molar-refractivity contribution in [3.63, 3.8) is 0 Å². The summed E-state index contributed by atoms with van der Waals surface area (Å²) in [5, 5.41) is 3.21. The predicted molar refractivity (Wildman–Crippen MR) is 101 cm³/mol. The molecule has 0 saturated heterocycles. The van der Waals surface area contributed by atoms with Crippen LogP contribution in [0.3, 0.4) is 0 Å². The Hall–Kier alpha value is -0.710. The number of esters is 1. The Balaban J connectivity index is 1.94. The second-order valence-electron chi connectivity index (χ2n) is 6.63. The van der Waals surface area contributed by atoms with Crippen molar-refractivity contribution in [2.75, 3.05) is 6.61 Å². The molecule has 0 heterocycles. The van der Waals surface area contributed by atoms with Gasteiger partial charge in [0.15, 0.2) is 0 Å². The molecular weight excluding hydrogens is 385 g/mol. The quantitative estimate of drug-likeness (QED) is 0.402. The number of nitrogens with one attached hydrogen (secondary N) is 1. The summed E-state index contributed by atoms with van der Waals surface area (Å²) in [6.07, 6.45) is 11.6. The Kier molecular flexibility index (Phi) is 8.60. The highest BCUT2D eigenvalue weighted by Gasteiger charge is 2.36. The van der Waals surface area contributed by atoms with Crippen LogP contribution in [0.1, 0.15) is 51.4 Å². The van der Waals surface area contributed by atoms with Crippen LogP contribution in [0.4, 0.5) is 0 Å². The molecule has 1 amide bonds. The molecule has 1 saturated carbocycles. The Morgan fingerprint density at radius 2 is 1.56 bits per heavy atom. The first-order chi connectivity index (χ1) is 12.0. The zero-order valence-electron chi connectivity index (χ0n) is 14.1. The molecule has 2 aliphatic carbocycles. The lowest BCUT2D eigenvalue weighted by atomic mass is 9.82. The van der Waals surface area contributed by atoms with Crippen LogP contribution in [0.2, 0.25) is 0 Å². The summed E-state index contributed by atoms with van der Waals surface area (Å²) in [6.45, 7) is -0.181. The maximum absolute atomic E-state index is 12.7. The number of allylic oxidation sites excluding steroid dienone is 2. The van der Waals surface area contributed by atoms with Crippen molar-refractivity contribution in [1.82, 2.24) is 5.32 Å². The molecule has 0 aromatic rings. The number of hydrogen-bond acceptors (Lipinski definition) is 3. The van der Waals surface area contributed by atoms with Crippen molar-refractivity contribution in [2.45, 2.75) is 57.4 Å². The lowest BCUT2D eigenvalue weighted by molar-refractivity contribution is -0.152. The fourth-order valence-electron chi connectivity index (χ4n) is 3.39. The average molecular weight is 409 g/mol. The number of hydrogen-bond donors (Lipinski definition) is 1. The molecule has 140 valence electrons.